The van der Waals surface area contributed by atoms with Crippen LogP contribution in [-0.4, -0.2) is 22.0 Å². The van der Waals surface area contributed by atoms with Gasteiger partial charge in [-0.05, 0) is 42.5 Å². The molecule has 1 amide bonds. The molecule has 2 aliphatic rings. The molecule has 1 heterocycles. The lowest BCUT2D eigenvalue weighted by Crippen LogP contribution is -2.14. The molecule has 0 unspecified atom stereocenters. The number of carbonyl (C=O) groups excluding carboxylic acids is 1. The Morgan fingerprint density at radius 1 is 0.846 bits per heavy atom. The van der Waals surface area contributed by atoms with Crippen molar-refractivity contribution in [3.63, 3.8) is 0 Å². The van der Waals surface area contributed by atoms with E-state index in [-0.39, 0.29) is 33.0 Å². The lowest BCUT2D eigenvalue weighted by atomic mass is 10.0. The fourth-order valence-electron chi connectivity index (χ4n) is 4.44. The Bertz CT molecular complexity index is 1970. The molecule has 4 aromatic carbocycles. The number of benzene rings is 5. The van der Waals surface area contributed by atoms with E-state index < -0.39 is 11.9 Å². The number of aromatic nitrogens is 1. The summed E-state index contributed by atoms with van der Waals surface area (Å²) in [7, 11) is 0. The van der Waals surface area contributed by atoms with E-state index in [0.717, 1.165) is 15.6 Å². The van der Waals surface area contributed by atoms with Gasteiger partial charge in [0.15, 0.2) is 0 Å². The molecule has 3 N–H and O–H groups in total. The third kappa shape index (κ3) is 4.56. The summed E-state index contributed by atoms with van der Waals surface area (Å²) in [6.45, 7) is 0. The summed E-state index contributed by atoms with van der Waals surface area (Å²) in [5.41, 5.74) is 2.23. The van der Waals surface area contributed by atoms with Gasteiger partial charge in [0.05, 0.1) is 36.9 Å². The zero-order chi connectivity index (χ0) is 27.1. The van der Waals surface area contributed by atoms with Crippen LogP contribution in [0.2, 0.25) is 5.02 Å². The molecule has 9 heteroatoms. The first kappa shape index (κ1) is 24.5. The number of nitrogens with zero attached hydrogens (tertiary/aromatic N) is 1. The first-order valence-electron chi connectivity index (χ1n) is 11.8. The highest BCUT2D eigenvalue weighted by Gasteiger charge is 2.21. The average molecular weight is 552 g/mol. The lowest BCUT2D eigenvalue weighted by Gasteiger charge is -2.17. The van der Waals surface area contributed by atoms with Crippen molar-refractivity contribution in [1.82, 2.24) is 4.98 Å². The van der Waals surface area contributed by atoms with Crippen LogP contribution in [0.25, 0.3) is 31.6 Å². The van der Waals surface area contributed by atoms with E-state index in [9.17, 15) is 19.5 Å². The quantitative estimate of drug-likeness (QED) is 0.154. The zero-order valence-electron chi connectivity index (χ0n) is 20.1. The topological polar surface area (TPSA) is 108 Å². The average Bonchev–Trinajstić information content (AvgIpc) is 2.94. The molecule has 0 aromatic heterocycles. The third-order valence-corrected chi connectivity index (χ3v) is 7.73. The second kappa shape index (κ2) is 9.83. The Balaban J connectivity index is 1.50. The SMILES string of the molecule is O=C(O)c1cc(NC(=O)c2ccccc2Cl)cc(Nc2c3sc4ccccc4nc-3c3ccccc3c2=O)c1. The molecule has 1 aliphatic carbocycles. The van der Waals surface area contributed by atoms with Gasteiger partial charge >= 0.3 is 5.97 Å². The second-order valence-corrected chi connectivity index (χ2v) is 10.2. The van der Waals surface area contributed by atoms with E-state index in [1.807, 2.05) is 36.4 Å². The number of hydrogen-bond donors (Lipinski definition) is 3. The standard InChI is InChI=1S/C30H18ClN3O4S/c31-22-10-4-3-9-21(22)29(36)33-18-14-16(30(37)38)13-17(15-18)32-26-27(35)20-8-2-1-7-19(20)25-28(26)39-24-12-6-5-11-23(24)34-25/h1-15,32H,(H,33,36)(H,37,38). The molecule has 0 atom stereocenters. The molecule has 0 saturated heterocycles. The van der Waals surface area contributed by atoms with Gasteiger partial charge in [-0.3, -0.25) is 9.59 Å². The molecular formula is C30H18ClN3O4S. The maximum Gasteiger partial charge on any atom is 0.335 e. The summed E-state index contributed by atoms with van der Waals surface area (Å²) in [6, 6.07) is 25.8. The summed E-state index contributed by atoms with van der Waals surface area (Å²) in [5.74, 6) is -1.68. The highest BCUT2D eigenvalue weighted by molar-refractivity contribution is 7.22. The summed E-state index contributed by atoms with van der Waals surface area (Å²) in [4.78, 5) is 44.0. The molecule has 0 bridgehead atoms. The number of halogens is 1. The van der Waals surface area contributed by atoms with E-state index in [1.54, 1.807) is 42.5 Å². The van der Waals surface area contributed by atoms with Gasteiger partial charge < -0.3 is 15.7 Å². The van der Waals surface area contributed by atoms with Crippen molar-refractivity contribution >= 4 is 72.9 Å². The summed E-state index contributed by atoms with van der Waals surface area (Å²) in [5, 5.41) is 17.1. The second-order valence-electron chi connectivity index (χ2n) is 8.77. The summed E-state index contributed by atoms with van der Waals surface area (Å²) < 4.78 is 0.898. The van der Waals surface area contributed by atoms with E-state index in [4.69, 9.17) is 16.6 Å². The minimum Gasteiger partial charge on any atom is -0.478 e. The van der Waals surface area contributed by atoms with Crippen molar-refractivity contribution in [2.75, 3.05) is 10.6 Å². The van der Waals surface area contributed by atoms with E-state index in [2.05, 4.69) is 10.6 Å². The fourth-order valence-corrected chi connectivity index (χ4v) is 5.74. The number of carbonyl (C=O) groups is 2. The van der Waals surface area contributed by atoms with Crippen LogP contribution in [-0.2, 0) is 0 Å². The van der Waals surface area contributed by atoms with Gasteiger partial charge in [0.2, 0.25) is 5.43 Å². The van der Waals surface area contributed by atoms with Crippen molar-refractivity contribution in [1.29, 1.82) is 0 Å². The molecular weight excluding hydrogens is 534 g/mol. The Hall–Kier alpha value is -4.79. The predicted octanol–water partition coefficient (Wildman–Crippen LogP) is 7.26. The number of carboxylic acids is 1. The van der Waals surface area contributed by atoms with Crippen LogP contribution in [0.3, 0.4) is 0 Å². The van der Waals surface area contributed by atoms with Crippen LogP contribution in [0.15, 0.2) is 95.8 Å². The largest absolute Gasteiger partial charge is 0.478 e. The smallest absolute Gasteiger partial charge is 0.335 e. The molecule has 0 fully saturated rings. The van der Waals surface area contributed by atoms with E-state index in [0.29, 0.717) is 21.6 Å². The molecule has 0 radical (unpaired) electrons. The van der Waals surface area contributed by atoms with Crippen LogP contribution < -0.4 is 16.1 Å². The minimum atomic E-state index is -1.19. The van der Waals surface area contributed by atoms with Crippen LogP contribution in [0, 0.1) is 0 Å². The van der Waals surface area contributed by atoms with Crippen LogP contribution in [0.1, 0.15) is 20.7 Å². The fraction of sp³-hybridized carbons (Fsp3) is 0. The van der Waals surface area contributed by atoms with Gasteiger partial charge in [0.25, 0.3) is 5.91 Å². The van der Waals surface area contributed by atoms with Gasteiger partial charge in [-0.25, -0.2) is 9.78 Å². The minimum absolute atomic E-state index is 0.0701. The van der Waals surface area contributed by atoms with Crippen LogP contribution in [0.4, 0.5) is 17.1 Å². The molecule has 7 nitrogen and oxygen atoms in total. The number of rotatable bonds is 5. The number of aromatic carboxylic acids is 1. The monoisotopic (exact) mass is 551 g/mol. The maximum atomic E-state index is 13.7. The summed E-state index contributed by atoms with van der Waals surface area (Å²) >= 11 is 7.59. The van der Waals surface area contributed by atoms with Crippen molar-refractivity contribution in [2.24, 2.45) is 0 Å². The van der Waals surface area contributed by atoms with Crippen molar-refractivity contribution in [3.8, 4) is 10.6 Å². The number of carboxylic acid groups (broad SMARTS) is 1. The first-order valence-corrected chi connectivity index (χ1v) is 13.0. The summed E-state index contributed by atoms with van der Waals surface area (Å²) in [6.07, 6.45) is 0. The zero-order valence-corrected chi connectivity index (χ0v) is 21.6. The van der Waals surface area contributed by atoms with Crippen LogP contribution in [0.5, 0.6) is 0 Å². The molecule has 39 heavy (non-hydrogen) atoms. The third-order valence-electron chi connectivity index (χ3n) is 6.23. The predicted molar refractivity (Wildman–Crippen MR) is 156 cm³/mol. The number of hydrogen-bond acceptors (Lipinski definition) is 6. The number of fused-ring (bicyclic) bond motifs is 4. The molecule has 4 aromatic rings. The highest BCUT2D eigenvalue weighted by Crippen LogP contribution is 2.40. The Kier molecular flexibility index (Phi) is 6.18. The van der Waals surface area contributed by atoms with Crippen LogP contribution >= 0.6 is 22.9 Å². The van der Waals surface area contributed by atoms with Gasteiger partial charge in [-0.2, -0.15) is 0 Å². The Labute approximate surface area is 230 Å². The van der Waals surface area contributed by atoms with Gasteiger partial charge in [0.1, 0.15) is 5.69 Å². The maximum absolute atomic E-state index is 13.7. The van der Waals surface area contributed by atoms with Gasteiger partial charge in [0, 0.05) is 22.1 Å². The van der Waals surface area contributed by atoms with Crippen molar-refractivity contribution < 1.29 is 14.7 Å². The Morgan fingerprint density at radius 3 is 2.33 bits per heavy atom. The Morgan fingerprint density at radius 2 is 1.54 bits per heavy atom. The highest BCUT2D eigenvalue weighted by atomic mass is 35.5. The number of para-hydroxylation sites is 1. The normalized spacial score (nSPS) is 11.1. The molecule has 0 saturated carbocycles. The first-order chi connectivity index (χ1) is 18.9. The van der Waals surface area contributed by atoms with Crippen molar-refractivity contribution in [2.45, 2.75) is 0 Å². The van der Waals surface area contributed by atoms with E-state index >= 15 is 0 Å². The molecule has 0 spiro atoms. The molecule has 6 rings (SSSR count). The number of amides is 1. The number of nitrogens with one attached hydrogen (secondary N) is 2. The van der Waals surface area contributed by atoms with Crippen molar-refractivity contribution in [3.05, 3.63) is 117 Å². The number of anilines is 3. The van der Waals surface area contributed by atoms with Gasteiger partial charge in [-0.15, -0.1) is 11.3 Å². The van der Waals surface area contributed by atoms with E-state index in [1.165, 1.54) is 23.5 Å². The lowest BCUT2D eigenvalue weighted by molar-refractivity contribution is 0.0696. The van der Waals surface area contributed by atoms with Gasteiger partial charge in [-0.1, -0.05) is 60.1 Å². The molecule has 1 aliphatic heterocycles. The molecule has 190 valence electrons.